The average molecular weight is 291 g/mol. The van der Waals surface area contributed by atoms with Crippen LogP contribution in [0, 0.1) is 6.92 Å². The van der Waals surface area contributed by atoms with Crippen LogP contribution in [0.5, 0.6) is 5.75 Å². The van der Waals surface area contributed by atoms with E-state index in [0.717, 1.165) is 11.3 Å². The van der Waals surface area contributed by atoms with Gasteiger partial charge >= 0.3 is 0 Å². The minimum atomic E-state index is 0.140. The van der Waals surface area contributed by atoms with Crippen molar-refractivity contribution in [3.05, 3.63) is 52.5 Å². The van der Waals surface area contributed by atoms with E-state index in [4.69, 9.17) is 11.6 Å². The third-order valence-electron chi connectivity index (χ3n) is 3.24. The highest BCUT2D eigenvalue weighted by Gasteiger charge is 2.06. The van der Waals surface area contributed by atoms with E-state index in [9.17, 15) is 5.11 Å². The first-order valence-corrected chi connectivity index (χ1v) is 6.85. The van der Waals surface area contributed by atoms with Crippen molar-refractivity contribution in [1.29, 1.82) is 0 Å². The predicted molar refractivity (Wildman–Crippen MR) is 85.9 cm³/mol. The Morgan fingerprint density at radius 3 is 2.65 bits per heavy atom. The first-order valence-electron chi connectivity index (χ1n) is 6.47. The molecule has 0 saturated heterocycles. The van der Waals surface area contributed by atoms with Gasteiger partial charge in [0.15, 0.2) is 0 Å². The zero-order chi connectivity index (χ0) is 14.7. The number of nitrogens with one attached hydrogen (secondary N) is 1. The van der Waals surface area contributed by atoms with Crippen molar-refractivity contribution >= 4 is 23.0 Å². The monoisotopic (exact) mass is 290 g/mol. The zero-order valence-electron chi connectivity index (χ0n) is 11.9. The van der Waals surface area contributed by atoms with Crippen LogP contribution < -0.4 is 10.2 Å². The number of halogens is 1. The summed E-state index contributed by atoms with van der Waals surface area (Å²) >= 11 is 5.90. The van der Waals surface area contributed by atoms with Crippen LogP contribution in [0.25, 0.3) is 0 Å². The van der Waals surface area contributed by atoms with Crippen LogP contribution in [-0.2, 0) is 6.54 Å². The summed E-state index contributed by atoms with van der Waals surface area (Å²) in [5, 5.41) is 13.6. The molecule has 2 aromatic carbocycles. The van der Waals surface area contributed by atoms with E-state index in [2.05, 4.69) is 29.3 Å². The molecule has 2 rings (SSSR count). The van der Waals surface area contributed by atoms with Crippen molar-refractivity contribution in [3.63, 3.8) is 0 Å². The second-order valence-corrected chi connectivity index (χ2v) is 5.40. The zero-order valence-corrected chi connectivity index (χ0v) is 12.7. The molecule has 0 heterocycles. The number of benzene rings is 2. The van der Waals surface area contributed by atoms with E-state index < -0.39 is 0 Å². The standard InChI is InChI=1S/C16H19ClN2O/c1-11-7-8-13(9-15(11)19(2)3)18-10-12-5-4-6-14(17)16(12)20/h4-9,18,20H,10H2,1-3H3. The van der Waals surface area contributed by atoms with Gasteiger partial charge in [-0.2, -0.15) is 0 Å². The van der Waals surface area contributed by atoms with Crippen LogP contribution in [0.1, 0.15) is 11.1 Å². The van der Waals surface area contributed by atoms with Gasteiger partial charge in [-0.05, 0) is 30.7 Å². The Labute approximate surface area is 124 Å². The second kappa shape index (κ2) is 6.06. The third-order valence-corrected chi connectivity index (χ3v) is 3.55. The Balaban J connectivity index is 2.15. The molecule has 0 unspecified atom stereocenters. The molecule has 0 aromatic heterocycles. The number of aryl methyl sites for hydroxylation is 1. The van der Waals surface area contributed by atoms with Gasteiger partial charge in [-0.15, -0.1) is 0 Å². The largest absolute Gasteiger partial charge is 0.506 e. The van der Waals surface area contributed by atoms with Crippen molar-refractivity contribution in [2.75, 3.05) is 24.3 Å². The predicted octanol–water partition coefficient (Wildman–Crippen LogP) is 4.03. The van der Waals surface area contributed by atoms with Gasteiger partial charge in [0.05, 0.1) is 5.02 Å². The number of rotatable bonds is 4. The first-order chi connectivity index (χ1) is 9.49. The number of anilines is 2. The van der Waals surface area contributed by atoms with Crippen molar-refractivity contribution in [1.82, 2.24) is 0 Å². The van der Waals surface area contributed by atoms with E-state index in [-0.39, 0.29) is 5.75 Å². The van der Waals surface area contributed by atoms with Crippen molar-refractivity contribution < 1.29 is 5.11 Å². The maximum atomic E-state index is 9.88. The SMILES string of the molecule is Cc1ccc(NCc2cccc(Cl)c2O)cc1N(C)C. The average Bonchev–Trinajstić information content (AvgIpc) is 2.41. The lowest BCUT2D eigenvalue weighted by Crippen LogP contribution is -2.11. The van der Waals surface area contributed by atoms with Crippen molar-refractivity contribution in [3.8, 4) is 5.75 Å². The molecule has 0 amide bonds. The quantitative estimate of drug-likeness (QED) is 0.892. The number of hydrogen-bond donors (Lipinski definition) is 2. The molecule has 106 valence electrons. The van der Waals surface area contributed by atoms with Crippen LogP contribution in [0.4, 0.5) is 11.4 Å². The summed E-state index contributed by atoms with van der Waals surface area (Å²) in [6.45, 7) is 2.62. The summed E-state index contributed by atoms with van der Waals surface area (Å²) in [4.78, 5) is 2.08. The molecule has 0 aliphatic rings. The van der Waals surface area contributed by atoms with Gasteiger partial charge in [-0.3, -0.25) is 0 Å². The number of phenols is 1. The van der Waals surface area contributed by atoms with E-state index in [1.165, 1.54) is 11.3 Å². The molecule has 0 saturated carbocycles. The maximum Gasteiger partial charge on any atom is 0.139 e. The number of phenolic OH excluding ortho intramolecular Hbond substituents is 1. The van der Waals surface area contributed by atoms with Crippen LogP contribution in [-0.4, -0.2) is 19.2 Å². The van der Waals surface area contributed by atoms with E-state index in [1.54, 1.807) is 6.07 Å². The summed E-state index contributed by atoms with van der Waals surface area (Å²) in [5.41, 5.74) is 4.19. The van der Waals surface area contributed by atoms with Gasteiger partial charge in [0, 0.05) is 37.6 Å². The Morgan fingerprint density at radius 2 is 1.95 bits per heavy atom. The molecule has 0 aliphatic carbocycles. The summed E-state index contributed by atoms with van der Waals surface area (Å²) in [7, 11) is 4.05. The van der Waals surface area contributed by atoms with E-state index in [0.29, 0.717) is 11.6 Å². The molecule has 2 N–H and O–H groups in total. The number of para-hydroxylation sites is 1. The third kappa shape index (κ3) is 3.17. The highest BCUT2D eigenvalue weighted by molar-refractivity contribution is 6.32. The van der Waals surface area contributed by atoms with Crippen molar-refractivity contribution in [2.45, 2.75) is 13.5 Å². The fraction of sp³-hybridized carbons (Fsp3) is 0.250. The fourth-order valence-electron chi connectivity index (χ4n) is 2.10. The number of aromatic hydroxyl groups is 1. The van der Waals surface area contributed by atoms with Gasteiger partial charge in [0.25, 0.3) is 0 Å². The van der Waals surface area contributed by atoms with E-state index >= 15 is 0 Å². The Hall–Kier alpha value is -1.87. The molecule has 2 aromatic rings. The highest BCUT2D eigenvalue weighted by atomic mass is 35.5. The van der Waals surface area contributed by atoms with Crippen molar-refractivity contribution in [2.24, 2.45) is 0 Å². The minimum absolute atomic E-state index is 0.140. The molecule has 0 bridgehead atoms. The van der Waals surface area contributed by atoms with Crippen LogP contribution >= 0.6 is 11.6 Å². The van der Waals surface area contributed by atoms with Gasteiger partial charge in [0.1, 0.15) is 5.75 Å². The molecule has 0 atom stereocenters. The summed E-state index contributed by atoms with van der Waals surface area (Å²) in [6.07, 6.45) is 0. The fourth-order valence-corrected chi connectivity index (χ4v) is 2.30. The lowest BCUT2D eigenvalue weighted by molar-refractivity contribution is 0.469. The molecule has 4 heteroatoms. The summed E-state index contributed by atoms with van der Waals surface area (Å²) in [6, 6.07) is 11.6. The second-order valence-electron chi connectivity index (χ2n) is 5.00. The molecule has 3 nitrogen and oxygen atoms in total. The molecule has 0 radical (unpaired) electrons. The molecular formula is C16H19ClN2O. The van der Waals surface area contributed by atoms with Crippen LogP contribution in [0.15, 0.2) is 36.4 Å². The van der Waals surface area contributed by atoms with Crippen LogP contribution in [0.3, 0.4) is 0 Å². The summed E-state index contributed by atoms with van der Waals surface area (Å²) in [5.74, 6) is 0.140. The lowest BCUT2D eigenvalue weighted by Gasteiger charge is -2.17. The van der Waals surface area contributed by atoms with Gasteiger partial charge in [0.2, 0.25) is 0 Å². The normalized spacial score (nSPS) is 10.4. The molecule has 0 aliphatic heterocycles. The number of nitrogens with zero attached hydrogens (tertiary/aromatic N) is 1. The lowest BCUT2D eigenvalue weighted by atomic mass is 10.1. The van der Waals surface area contributed by atoms with Gasteiger partial charge in [-0.1, -0.05) is 29.8 Å². The molecular weight excluding hydrogens is 272 g/mol. The minimum Gasteiger partial charge on any atom is -0.506 e. The number of hydrogen-bond acceptors (Lipinski definition) is 3. The Morgan fingerprint density at radius 1 is 1.20 bits per heavy atom. The van der Waals surface area contributed by atoms with E-state index in [1.807, 2.05) is 32.3 Å². The molecule has 0 spiro atoms. The smallest absolute Gasteiger partial charge is 0.139 e. The Kier molecular flexibility index (Phi) is 4.40. The van der Waals surface area contributed by atoms with Gasteiger partial charge in [-0.25, -0.2) is 0 Å². The maximum absolute atomic E-state index is 9.88. The molecule has 20 heavy (non-hydrogen) atoms. The van der Waals surface area contributed by atoms with Gasteiger partial charge < -0.3 is 15.3 Å². The Bertz CT molecular complexity index is 611. The highest BCUT2D eigenvalue weighted by Crippen LogP contribution is 2.28. The summed E-state index contributed by atoms with van der Waals surface area (Å²) < 4.78 is 0. The first kappa shape index (κ1) is 14.5. The topological polar surface area (TPSA) is 35.5 Å². The van der Waals surface area contributed by atoms with Crippen LogP contribution in [0.2, 0.25) is 5.02 Å². The molecule has 0 fully saturated rings.